The lowest BCUT2D eigenvalue weighted by atomic mass is 10.2. The summed E-state index contributed by atoms with van der Waals surface area (Å²) in [4.78, 5) is 17.2. The second-order valence-corrected chi connectivity index (χ2v) is 7.44. The summed E-state index contributed by atoms with van der Waals surface area (Å²) in [6.07, 6.45) is 1.66. The Balaban J connectivity index is 1.44. The van der Waals surface area contributed by atoms with Gasteiger partial charge in [-0.15, -0.1) is 5.10 Å². The molecule has 6 nitrogen and oxygen atoms in total. The number of aryl methyl sites for hydroxylation is 1. The van der Waals surface area contributed by atoms with Crippen molar-refractivity contribution in [3.63, 3.8) is 0 Å². The lowest BCUT2D eigenvalue weighted by Gasteiger charge is -2.07. The molecule has 3 heterocycles. The van der Waals surface area contributed by atoms with Crippen LogP contribution in [0.2, 0.25) is 0 Å². The van der Waals surface area contributed by atoms with Crippen molar-refractivity contribution in [1.82, 2.24) is 19.7 Å². The molecule has 4 aromatic rings. The fraction of sp³-hybridized carbons (Fsp3) is 0.190. The van der Waals surface area contributed by atoms with Crippen molar-refractivity contribution in [1.29, 1.82) is 0 Å². The Bertz CT molecular complexity index is 1080. The molecule has 0 saturated heterocycles. The number of aromatic amines is 1. The zero-order chi connectivity index (χ0) is 19.5. The van der Waals surface area contributed by atoms with E-state index in [2.05, 4.69) is 19.7 Å². The largest absolute Gasteiger partial charge is 0.467 e. The van der Waals surface area contributed by atoms with Crippen LogP contribution >= 0.6 is 11.8 Å². The van der Waals surface area contributed by atoms with Crippen LogP contribution in [0, 0.1) is 13.8 Å². The fourth-order valence-corrected chi connectivity index (χ4v) is 3.81. The van der Waals surface area contributed by atoms with Gasteiger partial charge in [-0.1, -0.05) is 42.1 Å². The summed E-state index contributed by atoms with van der Waals surface area (Å²) in [5.41, 5.74) is 3.68. The van der Waals surface area contributed by atoms with E-state index >= 15 is 0 Å². The molecule has 0 aliphatic carbocycles. The molecule has 28 heavy (non-hydrogen) atoms. The maximum atomic E-state index is 12.8. The van der Waals surface area contributed by atoms with Crippen molar-refractivity contribution in [3.05, 3.63) is 77.5 Å². The predicted octanol–water partition coefficient (Wildman–Crippen LogP) is 4.51. The number of nitrogens with zero attached hydrogens (tertiary/aromatic N) is 3. The number of ketones is 1. The van der Waals surface area contributed by atoms with Gasteiger partial charge >= 0.3 is 0 Å². The summed E-state index contributed by atoms with van der Waals surface area (Å²) in [6, 6.07) is 15.5. The topological polar surface area (TPSA) is 76.7 Å². The van der Waals surface area contributed by atoms with Crippen LogP contribution in [0.25, 0.3) is 11.4 Å². The lowest BCUT2D eigenvalue weighted by Crippen LogP contribution is -2.07. The average Bonchev–Trinajstić information content (AvgIpc) is 3.45. The molecular weight excluding hydrogens is 372 g/mol. The second kappa shape index (κ2) is 7.90. The molecule has 0 bridgehead atoms. The molecule has 1 N–H and O–H groups in total. The molecule has 0 atom stereocenters. The number of aromatic nitrogens is 4. The van der Waals surface area contributed by atoms with Crippen LogP contribution in [0.4, 0.5) is 0 Å². The molecule has 7 heteroatoms. The Hall–Kier alpha value is -3.06. The molecule has 3 aromatic heterocycles. The zero-order valence-electron chi connectivity index (χ0n) is 15.7. The normalized spacial score (nSPS) is 11.1. The highest BCUT2D eigenvalue weighted by Crippen LogP contribution is 2.23. The van der Waals surface area contributed by atoms with Crippen molar-refractivity contribution in [2.24, 2.45) is 0 Å². The van der Waals surface area contributed by atoms with Gasteiger partial charge in [0.2, 0.25) is 5.16 Å². The third-order valence-corrected chi connectivity index (χ3v) is 5.46. The highest BCUT2D eigenvalue weighted by molar-refractivity contribution is 7.99. The Morgan fingerprint density at radius 3 is 2.75 bits per heavy atom. The number of carbonyl (C=O) groups is 1. The van der Waals surface area contributed by atoms with Gasteiger partial charge in [0.25, 0.3) is 0 Å². The first-order valence-electron chi connectivity index (χ1n) is 8.95. The Morgan fingerprint density at radius 2 is 2.00 bits per heavy atom. The van der Waals surface area contributed by atoms with Crippen LogP contribution in [0.3, 0.4) is 0 Å². The van der Waals surface area contributed by atoms with Gasteiger partial charge in [0.05, 0.1) is 18.6 Å². The van der Waals surface area contributed by atoms with Gasteiger partial charge in [0, 0.05) is 22.5 Å². The number of thioether (sulfide) groups is 1. The molecule has 0 fully saturated rings. The van der Waals surface area contributed by atoms with Gasteiger partial charge in [-0.2, -0.15) is 0 Å². The first kappa shape index (κ1) is 18.3. The van der Waals surface area contributed by atoms with Gasteiger partial charge in [-0.05, 0) is 32.0 Å². The molecule has 0 aliphatic rings. The number of Topliss-reactive ketones (excluding diaryl/α,β-unsaturated/α-hetero) is 1. The van der Waals surface area contributed by atoms with Gasteiger partial charge in [0.1, 0.15) is 5.76 Å². The van der Waals surface area contributed by atoms with Gasteiger partial charge in [-0.25, -0.2) is 4.98 Å². The summed E-state index contributed by atoms with van der Waals surface area (Å²) >= 11 is 1.34. The van der Waals surface area contributed by atoms with E-state index in [4.69, 9.17) is 4.42 Å². The minimum absolute atomic E-state index is 0.0647. The van der Waals surface area contributed by atoms with Crippen molar-refractivity contribution in [2.75, 3.05) is 5.75 Å². The third-order valence-electron chi connectivity index (χ3n) is 4.61. The maximum Gasteiger partial charge on any atom is 0.209 e. The average molecular weight is 392 g/mol. The Labute approximate surface area is 167 Å². The van der Waals surface area contributed by atoms with E-state index in [-0.39, 0.29) is 11.5 Å². The molecule has 0 unspecified atom stereocenters. The van der Waals surface area contributed by atoms with Crippen molar-refractivity contribution >= 4 is 17.5 Å². The zero-order valence-corrected chi connectivity index (χ0v) is 16.5. The van der Waals surface area contributed by atoms with E-state index < -0.39 is 0 Å². The summed E-state index contributed by atoms with van der Waals surface area (Å²) < 4.78 is 7.53. The number of benzene rings is 1. The van der Waals surface area contributed by atoms with Crippen LogP contribution in [0.1, 0.15) is 27.5 Å². The molecule has 0 aliphatic heterocycles. The first-order chi connectivity index (χ1) is 13.6. The van der Waals surface area contributed by atoms with E-state index in [1.54, 1.807) is 6.26 Å². The van der Waals surface area contributed by atoms with Crippen LogP contribution in [-0.2, 0) is 6.54 Å². The Kier molecular flexibility index (Phi) is 5.16. The van der Waals surface area contributed by atoms with E-state index in [1.807, 2.05) is 62.4 Å². The van der Waals surface area contributed by atoms with Crippen LogP contribution in [-0.4, -0.2) is 31.3 Å². The summed E-state index contributed by atoms with van der Waals surface area (Å²) in [5, 5.41) is 7.70. The number of hydrogen-bond acceptors (Lipinski definition) is 5. The van der Waals surface area contributed by atoms with E-state index in [0.717, 1.165) is 28.3 Å². The molecule has 142 valence electrons. The first-order valence-corrected chi connectivity index (χ1v) is 9.93. The van der Waals surface area contributed by atoms with E-state index in [0.29, 0.717) is 17.5 Å². The molecule has 0 amide bonds. The summed E-state index contributed by atoms with van der Waals surface area (Å²) in [5.74, 6) is 1.92. The number of hydrogen-bond donors (Lipinski definition) is 1. The van der Waals surface area contributed by atoms with Crippen LogP contribution in [0.5, 0.6) is 0 Å². The Morgan fingerprint density at radius 1 is 1.18 bits per heavy atom. The van der Waals surface area contributed by atoms with Gasteiger partial charge < -0.3 is 8.98 Å². The fourth-order valence-electron chi connectivity index (χ4n) is 3.13. The lowest BCUT2D eigenvalue weighted by molar-refractivity contribution is 0.102. The van der Waals surface area contributed by atoms with Gasteiger partial charge in [0.15, 0.2) is 11.6 Å². The SMILES string of the molecule is Cc1cc(C(=O)CSc2n[nH]c(-c3ccccc3)n2)c(C)n1Cc1ccco1. The van der Waals surface area contributed by atoms with Crippen LogP contribution in [0.15, 0.2) is 64.4 Å². The smallest absolute Gasteiger partial charge is 0.209 e. The highest BCUT2D eigenvalue weighted by Gasteiger charge is 2.17. The highest BCUT2D eigenvalue weighted by atomic mass is 32.2. The number of rotatable bonds is 7. The van der Waals surface area contributed by atoms with Crippen molar-refractivity contribution < 1.29 is 9.21 Å². The number of carbonyl (C=O) groups excluding carboxylic acids is 1. The summed E-state index contributed by atoms with van der Waals surface area (Å²) in [7, 11) is 0. The standard InChI is InChI=1S/C21H20N4O2S/c1-14-11-18(15(2)25(14)12-17-9-6-10-27-17)19(26)13-28-21-22-20(23-24-21)16-7-4-3-5-8-16/h3-11H,12-13H2,1-2H3,(H,22,23,24). The summed E-state index contributed by atoms with van der Waals surface area (Å²) in [6.45, 7) is 4.59. The minimum Gasteiger partial charge on any atom is -0.467 e. The third kappa shape index (κ3) is 3.80. The van der Waals surface area contributed by atoms with Crippen molar-refractivity contribution in [2.45, 2.75) is 25.5 Å². The quantitative estimate of drug-likeness (QED) is 0.370. The van der Waals surface area contributed by atoms with Gasteiger partial charge in [-0.3, -0.25) is 9.89 Å². The molecule has 1 aromatic carbocycles. The molecule has 0 radical (unpaired) electrons. The number of nitrogens with one attached hydrogen (secondary N) is 1. The second-order valence-electron chi connectivity index (χ2n) is 6.49. The molecule has 0 spiro atoms. The maximum absolute atomic E-state index is 12.8. The number of furan rings is 1. The monoisotopic (exact) mass is 392 g/mol. The van der Waals surface area contributed by atoms with Crippen molar-refractivity contribution in [3.8, 4) is 11.4 Å². The molecule has 0 saturated carbocycles. The van der Waals surface area contributed by atoms with E-state index in [1.165, 1.54) is 11.8 Å². The van der Waals surface area contributed by atoms with E-state index in [9.17, 15) is 4.79 Å². The molecule has 4 rings (SSSR count). The molecular formula is C21H20N4O2S. The predicted molar refractivity (Wildman–Crippen MR) is 109 cm³/mol. The minimum atomic E-state index is 0.0647. The van der Waals surface area contributed by atoms with Crippen LogP contribution < -0.4 is 0 Å². The number of H-pyrrole nitrogens is 1.